The number of rotatable bonds is 3. The lowest BCUT2D eigenvalue weighted by atomic mass is 10.00. The van der Waals surface area contributed by atoms with Crippen LogP contribution in [0.15, 0.2) is 4.47 Å². The number of amides is 1. The quantitative estimate of drug-likeness (QED) is 0.802. The second-order valence-electron chi connectivity index (χ2n) is 4.30. The maximum atomic E-state index is 11.8. The minimum atomic E-state index is -0.615. The SMILES string of the molecule is CCOC(=O)C1CNc2c(Br)c(C(N)=O)nn2C1C. The van der Waals surface area contributed by atoms with Gasteiger partial charge >= 0.3 is 5.97 Å². The van der Waals surface area contributed by atoms with Gasteiger partial charge in [0.25, 0.3) is 5.91 Å². The Morgan fingerprint density at radius 3 is 2.89 bits per heavy atom. The second kappa shape index (κ2) is 5.20. The molecule has 8 heteroatoms. The van der Waals surface area contributed by atoms with Crippen molar-refractivity contribution in [3.63, 3.8) is 0 Å². The van der Waals surface area contributed by atoms with Crippen molar-refractivity contribution < 1.29 is 14.3 Å². The van der Waals surface area contributed by atoms with Crippen molar-refractivity contribution in [1.29, 1.82) is 0 Å². The van der Waals surface area contributed by atoms with E-state index in [1.165, 1.54) is 0 Å². The summed E-state index contributed by atoms with van der Waals surface area (Å²) in [7, 11) is 0. The van der Waals surface area contributed by atoms with Gasteiger partial charge in [0.1, 0.15) is 5.82 Å². The minimum Gasteiger partial charge on any atom is -0.466 e. The summed E-state index contributed by atoms with van der Waals surface area (Å²) >= 11 is 3.29. The fraction of sp³-hybridized carbons (Fsp3) is 0.545. The average Bonchev–Trinajstić information content (AvgIpc) is 2.69. The molecule has 0 bridgehead atoms. The fourth-order valence-electron chi connectivity index (χ4n) is 2.10. The molecule has 3 N–H and O–H groups in total. The highest BCUT2D eigenvalue weighted by atomic mass is 79.9. The topological polar surface area (TPSA) is 99.2 Å². The summed E-state index contributed by atoms with van der Waals surface area (Å²) in [4.78, 5) is 23.1. The summed E-state index contributed by atoms with van der Waals surface area (Å²) in [5.41, 5.74) is 5.40. The van der Waals surface area contributed by atoms with Crippen LogP contribution in [0.4, 0.5) is 5.82 Å². The van der Waals surface area contributed by atoms with E-state index in [1.807, 2.05) is 6.92 Å². The summed E-state index contributed by atoms with van der Waals surface area (Å²) in [5, 5.41) is 7.22. The highest BCUT2D eigenvalue weighted by Gasteiger charge is 2.35. The van der Waals surface area contributed by atoms with Crippen LogP contribution in [0.5, 0.6) is 0 Å². The average molecular weight is 331 g/mol. The Bertz CT molecular complexity index is 528. The van der Waals surface area contributed by atoms with Crippen molar-refractivity contribution in [3.8, 4) is 0 Å². The highest BCUT2D eigenvalue weighted by molar-refractivity contribution is 9.10. The summed E-state index contributed by atoms with van der Waals surface area (Å²) in [5.74, 6) is -0.585. The van der Waals surface area contributed by atoms with Gasteiger partial charge in [0.2, 0.25) is 0 Å². The first-order valence-electron chi connectivity index (χ1n) is 5.95. The summed E-state index contributed by atoms with van der Waals surface area (Å²) < 4.78 is 7.14. The summed E-state index contributed by atoms with van der Waals surface area (Å²) in [6.07, 6.45) is 0. The molecule has 1 aliphatic heterocycles. The molecular weight excluding hydrogens is 316 g/mol. The molecule has 2 rings (SSSR count). The number of carbonyl (C=O) groups is 2. The third kappa shape index (κ3) is 2.32. The van der Waals surface area contributed by atoms with E-state index in [-0.39, 0.29) is 23.6 Å². The van der Waals surface area contributed by atoms with Crippen molar-refractivity contribution in [2.24, 2.45) is 11.7 Å². The first kappa shape index (κ1) is 13.9. The summed E-state index contributed by atoms with van der Waals surface area (Å²) in [6, 6.07) is -0.209. The molecule has 19 heavy (non-hydrogen) atoms. The van der Waals surface area contributed by atoms with Crippen molar-refractivity contribution in [2.75, 3.05) is 18.5 Å². The van der Waals surface area contributed by atoms with E-state index in [2.05, 4.69) is 26.3 Å². The zero-order chi connectivity index (χ0) is 14.2. The van der Waals surface area contributed by atoms with Crippen LogP contribution in [-0.2, 0) is 9.53 Å². The maximum Gasteiger partial charge on any atom is 0.312 e. The molecule has 2 unspecified atom stereocenters. The summed E-state index contributed by atoms with van der Waals surface area (Å²) in [6.45, 7) is 4.39. The molecule has 2 atom stereocenters. The number of ether oxygens (including phenoxy) is 1. The Hall–Kier alpha value is -1.57. The number of hydrogen-bond acceptors (Lipinski definition) is 5. The lowest BCUT2D eigenvalue weighted by Crippen LogP contribution is -2.37. The number of anilines is 1. The predicted molar refractivity (Wildman–Crippen MR) is 71.8 cm³/mol. The standard InChI is InChI=1S/C11H15BrN4O3/c1-3-19-11(18)6-4-14-10-7(12)8(9(13)17)15-16(10)5(6)2/h5-6,14H,3-4H2,1-2H3,(H2,13,17). The molecule has 0 radical (unpaired) electrons. The number of nitrogens with zero attached hydrogens (tertiary/aromatic N) is 2. The lowest BCUT2D eigenvalue weighted by molar-refractivity contribution is -0.149. The Balaban J connectivity index is 2.34. The highest BCUT2D eigenvalue weighted by Crippen LogP contribution is 2.35. The van der Waals surface area contributed by atoms with E-state index in [0.717, 1.165) is 0 Å². The van der Waals surface area contributed by atoms with Gasteiger partial charge in [-0.05, 0) is 29.8 Å². The zero-order valence-electron chi connectivity index (χ0n) is 10.6. The Kier molecular flexibility index (Phi) is 3.79. The van der Waals surface area contributed by atoms with E-state index in [9.17, 15) is 9.59 Å². The van der Waals surface area contributed by atoms with Gasteiger partial charge in [0, 0.05) is 6.54 Å². The van der Waals surface area contributed by atoms with Crippen LogP contribution < -0.4 is 11.1 Å². The number of aromatic nitrogens is 2. The Morgan fingerprint density at radius 2 is 2.32 bits per heavy atom. The van der Waals surface area contributed by atoms with Gasteiger partial charge < -0.3 is 15.8 Å². The number of halogens is 1. The Morgan fingerprint density at radius 1 is 1.63 bits per heavy atom. The number of esters is 1. The van der Waals surface area contributed by atoms with Gasteiger partial charge in [-0.2, -0.15) is 5.10 Å². The number of hydrogen-bond donors (Lipinski definition) is 2. The second-order valence-corrected chi connectivity index (χ2v) is 5.09. The lowest BCUT2D eigenvalue weighted by Gasteiger charge is -2.29. The van der Waals surface area contributed by atoms with Crippen LogP contribution in [0.2, 0.25) is 0 Å². The van der Waals surface area contributed by atoms with E-state index in [1.54, 1.807) is 11.6 Å². The van der Waals surface area contributed by atoms with Gasteiger partial charge in [-0.1, -0.05) is 0 Å². The van der Waals surface area contributed by atoms with E-state index < -0.39 is 5.91 Å². The number of nitrogens with one attached hydrogen (secondary N) is 1. The largest absolute Gasteiger partial charge is 0.466 e. The van der Waals surface area contributed by atoms with Gasteiger partial charge in [0.15, 0.2) is 5.69 Å². The molecule has 2 heterocycles. The molecular formula is C11H15BrN4O3. The number of primary amides is 1. The number of fused-ring (bicyclic) bond motifs is 1. The first-order chi connectivity index (χ1) is 8.97. The molecule has 0 fully saturated rings. The minimum absolute atomic E-state index is 0.152. The molecule has 0 spiro atoms. The van der Waals surface area contributed by atoms with Crippen LogP contribution in [0.25, 0.3) is 0 Å². The molecule has 0 aromatic carbocycles. The van der Waals surface area contributed by atoms with Gasteiger partial charge in [-0.3, -0.25) is 9.59 Å². The zero-order valence-corrected chi connectivity index (χ0v) is 12.2. The van der Waals surface area contributed by atoms with Gasteiger partial charge in [0.05, 0.1) is 23.0 Å². The molecule has 1 aliphatic rings. The molecule has 7 nitrogen and oxygen atoms in total. The van der Waals surface area contributed by atoms with Crippen LogP contribution in [0.3, 0.4) is 0 Å². The third-order valence-electron chi connectivity index (χ3n) is 3.13. The fourth-order valence-corrected chi connectivity index (χ4v) is 2.70. The molecule has 1 aromatic heterocycles. The van der Waals surface area contributed by atoms with Crippen LogP contribution >= 0.6 is 15.9 Å². The van der Waals surface area contributed by atoms with Crippen molar-refractivity contribution in [2.45, 2.75) is 19.9 Å². The van der Waals surface area contributed by atoms with Crippen LogP contribution in [-0.4, -0.2) is 34.8 Å². The number of carbonyl (C=O) groups excluding carboxylic acids is 2. The molecule has 0 aliphatic carbocycles. The maximum absolute atomic E-state index is 11.8. The predicted octanol–water partition coefficient (Wildman–Crippen LogP) is 0.910. The van der Waals surface area contributed by atoms with Crippen LogP contribution in [0.1, 0.15) is 30.4 Å². The first-order valence-corrected chi connectivity index (χ1v) is 6.75. The third-order valence-corrected chi connectivity index (χ3v) is 3.88. The molecule has 104 valence electrons. The van der Waals surface area contributed by atoms with E-state index in [0.29, 0.717) is 23.4 Å². The monoisotopic (exact) mass is 330 g/mol. The molecule has 0 saturated heterocycles. The van der Waals surface area contributed by atoms with Crippen molar-refractivity contribution in [3.05, 3.63) is 10.2 Å². The molecule has 0 saturated carbocycles. The van der Waals surface area contributed by atoms with E-state index in [4.69, 9.17) is 10.5 Å². The van der Waals surface area contributed by atoms with Gasteiger partial charge in [-0.15, -0.1) is 0 Å². The van der Waals surface area contributed by atoms with E-state index >= 15 is 0 Å². The smallest absolute Gasteiger partial charge is 0.312 e. The normalized spacial score (nSPS) is 21.4. The number of nitrogens with two attached hydrogens (primary N) is 1. The van der Waals surface area contributed by atoms with Gasteiger partial charge in [-0.25, -0.2) is 4.68 Å². The van der Waals surface area contributed by atoms with Crippen molar-refractivity contribution >= 4 is 33.6 Å². The van der Waals surface area contributed by atoms with Crippen molar-refractivity contribution in [1.82, 2.24) is 9.78 Å². The molecule has 1 amide bonds. The van der Waals surface area contributed by atoms with Crippen LogP contribution in [0, 0.1) is 5.92 Å². The Labute approximate surface area is 118 Å². The molecule has 1 aromatic rings.